The van der Waals surface area contributed by atoms with E-state index >= 15 is 0 Å². The van der Waals surface area contributed by atoms with E-state index < -0.39 is 0 Å². The molecule has 1 aliphatic carbocycles. The molecule has 0 N–H and O–H groups in total. The molecule has 1 aromatic heterocycles. The van der Waals surface area contributed by atoms with E-state index in [0.29, 0.717) is 22.8 Å². The van der Waals surface area contributed by atoms with Crippen molar-refractivity contribution in [2.24, 2.45) is 0 Å². The van der Waals surface area contributed by atoms with Crippen LogP contribution in [-0.2, 0) is 0 Å². The SMILES string of the molecule is Cc1cccc(C)c1N1C(=CC=C2C(=O)c3cc4ccccc4cc3C2=O)N(c2c(C)cccc2C)c2nc3ccccc3nc21. The van der Waals surface area contributed by atoms with Crippen molar-refractivity contribution in [3.05, 3.63) is 154 Å². The number of benzene rings is 5. The predicted octanol–water partition coefficient (Wildman–Crippen LogP) is 9.15. The van der Waals surface area contributed by atoms with Gasteiger partial charge in [-0.05, 0) is 97.1 Å². The fourth-order valence-corrected chi connectivity index (χ4v) is 6.82. The third kappa shape index (κ3) is 4.10. The molecule has 0 fully saturated rings. The molecule has 0 spiro atoms. The number of ketones is 2. The molecule has 6 nitrogen and oxygen atoms in total. The molecule has 6 heteroatoms. The molecule has 1 aliphatic heterocycles. The molecular formula is C40H30N4O2. The zero-order valence-corrected chi connectivity index (χ0v) is 26.0. The van der Waals surface area contributed by atoms with Gasteiger partial charge in [0.1, 0.15) is 5.82 Å². The van der Waals surface area contributed by atoms with Gasteiger partial charge >= 0.3 is 0 Å². The Morgan fingerprint density at radius 3 is 1.37 bits per heavy atom. The lowest BCUT2D eigenvalue weighted by Crippen LogP contribution is -2.24. The first-order chi connectivity index (χ1) is 22.3. The summed E-state index contributed by atoms with van der Waals surface area (Å²) in [4.78, 5) is 42.2. The molecule has 6 aromatic rings. The number of carbonyl (C=O) groups is 2. The van der Waals surface area contributed by atoms with Crippen molar-refractivity contribution in [2.75, 3.05) is 9.80 Å². The van der Waals surface area contributed by atoms with Crippen molar-refractivity contribution in [1.82, 2.24) is 9.97 Å². The van der Waals surface area contributed by atoms with Crippen molar-refractivity contribution in [3.8, 4) is 0 Å². The number of para-hydroxylation sites is 4. The highest BCUT2D eigenvalue weighted by Crippen LogP contribution is 2.51. The van der Waals surface area contributed by atoms with Crippen LogP contribution in [0.1, 0.15) is 43.0 Å². The Morgan fingerprint density at radius 2 is 0.935 bits per heavy atom. The minimum Gasteiger partial charge on any atom is -0.288 e. The van der Waals surface area contributed by atoms with Crippen LogP contribution in [0.5, 0.6) is 0 Å². The summed E-state index contributed by atoms with van der Waals surface area (Å²) in [5.74, 6) is 1.56. The Balaban J connectivity index is 1.40. The fraction of sp³-hybridized carbons (Fsp3) is 0.100. The van der Waals surface area contributed by atoms with Crippen LogP contribution in [0, 0.1) is 27.7 Å². The van der Waals surface area contributed by atoms with Crippen LogP contribution < -0.4 is 9.80 Å². The monoisotopic (exact) mass is 598 g/mol. The van der Waals surface area contributed by atoms with Gasteiger partial charge in [0, 0.05) is 11.1 Å². The lowest BCUT2D eigenvalue weighted by atomic mass is 10.0. The van der Waals surface area contributed by atoms with Crippen LogP contribution in [0.4, 0.5) is 23.0 Å². The number of rotatable bonds is 3. The van der Waals surface area contributed by atoms with Crippen LogP contribution in [0.25, 0.3) is 21.8 Å². The van der Waals surface area contributed by atoms with Crippen LogP contribution in [0.2, 0.25) is 0 Å². The number of aromatic nitrogens is 2. The number of nitrogens with zero attached hydrogens (tertiary/aromatic N) is 4. The summed E-state index contributed by atoms with van der Waals surface area (Å²) < 4.78 is 0. The molecule has 2 aliphatic rings. The first kappa shape index (κ1) is 27.7. The van der Waals surface area contributed by atoms with Crippen molar-refractivity contribution in [3.63, 3.8) is 0 Å². The Morgan fingerprint density at radius 1 is 0.522 bits per heavy atom. The molecule has 0 bridgehead atoms. The summed E-state index contributed by atoms with van der Waals surface area (Å²) in [5, 5.41) is 1.86. The van der Waals surface area contributed by atoms with Gasteiger partial charge in [-0.3, -0.25) is 19.4 Å². The standard InChI is InChI=1S/C40H30N4O2/c1-23-11-9-12-24(2)35(23)43-34(20-19-29-37(45)30-21-27-15-5-6-16-28(27)22-31(30)38(29)46)44(36-25(3)13-10-14-26(36)4)40-39(43)41-32-17-7-8-18-33(32)42-40/h5-22H,1-4H3. The number of anilines is 4. The van der Waals surface area contributed by atoms with Crippen molar-refractivity contribution >= 4 is 56.4 Å². The topological polar surface area (TPSA) is 66.4 Å². The first-order valence-electron chi connectivity index (χ1n) is 15.4. The van der Waals surface area contributed by atoms with Crippen molar-refractivity contribution in [1.29, 1.82) is 0 Å². The quantitative estimate of drug-likeness (QED) is 0.150. The van der Waals surface area contributed by atoms with Gasteiger partial charge in [0.2, 0.25) is 0 Å². The average Bonchev–Trinajstić information content (AvgIpc) is 3.46. The number of Topliss-reactive ketones (excluding diaryl/α,β-unsaturated/α-hetero) is 2. The predicted molar refractivity (Wildman–Crippen MR) is 184 cm³/mol. The second kappa shape index (κ2) is 10.3. The van der Waals surface area contributed by atoms with Crippen LogP contribution in [0.3, 0.4) is 0 Å². The number of hydrogen-bond donors (Lipinski definition) is 0. The van der Waals surface area contributed by atoms with Gasteiger partial charge < -0.3 is 0 Å². The second-order valence-electron chi connectivity index (χ2n) is 12.0. The van der Waals surface area contributed by atoms with Gasteiger partial charge in [-0.25, -0.2) is 9.97 Å². The van der Waals surface area contributed by atoms with Gasteiger partial charge in [-0.1, -0.05) is 72.8 Å². The molecule has 0 saturated carbocycles. The number of allylic oxidation sites excluding steroid dienone is 3. The number of fused-ring (bicyclic) bond motifs is 4. The molecule has 0 unspecified atom stereocenters. The highest BCUT2D eigenvalue weighted by Gasteiger charge is 2.39. The molecular weight excluding hydrogens is 568 g/mol. The first-order valence-corrected chi connectivity index (χ1v) is 15.4. The van der Waals surface area contributed by atoms with Gasteiger partial charge in [-0.2, -0.15) is 0 Å². The zero-order valence-electron chi connectivity index (χ0n) is 26.0. The summed E-state index contributed by atoms with van der Waals surface area (Å²) in [6.45, 7) is 8.33. The Hall–Kier alpha value is -5.88. The van der Waals surface area contributed by atoms with E-state index in [9.17, 15) is 9.59 Å². The van der Waals surface area contributed by atoms with E-state index in [1.807, 2.05) is 78.9 Å². The van der Waals surface area contributed by atoms with E-state index in [1.165, 1.54) is 0 Å². The van der Waals surface area contributed by atoms with E-state index in [2.05, 4.69) is 61.8 Å². The van der Waals surface area contributed by atoms with E-state index in [4.69, 9.17) is 9.97 Å². The van der Waals surface area contributed by atoms with Crippen LogP contribution in [0.15, 0.2) is 121 Å². The van der Waals surface area contributed by atoms with Crippen LogP contribution in [-0.4, -0.2) is 21.5 Å². The smallest absolute Gasteiger partial charge is 0.197 e. The molecule has 2 heterocycles. The summed E-state index contributed by atoms with van der Waals surface area (Å²) in [6.07, 6.45) is 3.56. The summed E-state index contributed by atoms with van der Waals surface area (Å²) in [7, 11) is 0. The van der Waals surface area contributed by atoms with E-state index in [0.717, 1.165) is 61.3 Å². The Kier molecular flexibility index (Phi) is 6.22. The zero-order chi connectivity index (χ0) is 31.7. The fourth-order valence-electron chi connectivity index (χ4n) is 6.82. The van der Waals surface area contributed by atoms with Crippen molar-refractivity contribution in [2.45, 2.75) is 27.7 Å². The minimum absolute atomic E-state index is 0.141. The molecule has 0 saturated heterocycles. The maximum Gasteiger partial charge on any atom is 0.197 e. The lowest BCUT2D eigenvalue weighted by molar-refractivity contribution is 0.0988. The summed E-state index contributed by atoms with van der Waals surface area (Å²) in [5.41, 5.74) is 8.80. The summed E-state index contributed by atoms with van der Waals surface area (Å²) in [6, 6.07) is 31.7. The maximum atomic E-state index is 13.8. The highest BCUT2D eigenvalue weighted by molar-refractivity contribution is 6.40. The van der Waals surface area contributed by atoms with E-state index in [1.54, 1.807) is 6.08 Å². The number of hydrogen-bond acceptors (Lipinski definition) is 6. The molecule has 0 radical (unpaired) electrons. The van der Waals surface area contributed by atoms with Crippen molar-refractivity contribution < 1.29 is 9.59 Å². The Bertz CT molecular complexity index is 2170. The van der Waals surface area contributed by atoms with E-state index in [-0.39, 0.29) is 17.1 Å². The molecule has 0 atom stereocenters. The highest BCUT2D eigenvalue weighted by atomic mass is 16.2. The minimum atomic E-state index is -0.266. The third-order valence-corrected chi connectivity index (χ3v) is 9.01. The van der Waals surface area contributed by atoms with Gasteiger partial charge in [0.25, 0.3) is 0 Å². The average molecular weight is 599 g/mol. The third-order valence-electron chi connectivity index (χ3n) is 9.01. The van der Waals surface area contributed by atoms with Crippen LogP contribution >= 0.6 is 0 Å². The Labute approximate surface area is 267 Å². The number of aryl methyl sites for hydroxylation is 4. The molecule has 5 aromatic carbocycles. The summed E-state index contributed by atoms with van der Waals surface area (Å²) >= 11 is 0. The molecule has 8 rings (SSSR count). The molecule has 46 heavy (non-hydrogen) atoms. The van der Waals surface area contributed by atoms with Gasteiger partial charge in [0.15, 0.2) is 23.2 Å². The molecule has 0 amide bonds. The maximum absolute atomic E-state index is 13.8. The number of carbonyl (C=O) groups excluding carboxylic acids is 2. The van der Waals surface area contributed by atoms with Gasteiger partial charge in [-0.15, -0.1) is 0 Å². The second-order valence-corrected chi connectivity index (χ2v) is 12.0. The van der Waals surface area contributed by atoms with Gasteiger partial charge in [0.05, 0.1) is 28.0 Å². The normalized spacial score (nSPS) is 14.0. The molecule has 222 valence electrons. The largest absolute Gasteiger partial charge is 0.288 e. The lowest BCUT2D eigenvalue weighted by Gasteiger charge is -2.28.